The number of fused-ring (bicyclic) bond motifs is 1. The highest BCUT2D eigenvalue weighted by molar-refractivity contribution is 5.93. The molecule has 2 fully saturated rings. The Morgan fingerprint density at radius 2 is 2.20 bits per heavy atom. The van der Waals surface area contributed by atoms with Crippen LogP contribution in [0.15, 0.2) is 24.5 Å². The quantitative estimate of drug-likeness (QED) is 0.817. The summed E-state index contributed by atoms with van der Waals surface area (Å²) in [6, 6.07) is 4.00. The van der Waals surface area contributed by atoms with Gasteiger partial charge in [-0.1, -0.05) is 0 Å². The van der Waals surface area contributed by atoms with Gasteiger partial charge in [0.1, 0.15) is 11.3 Å². The number of imidazole rings is 1. The van der Waals surface area contributed by atoms with E-state index in [1.165, 1.54) is 0 Å². The highest BCUT2D eigenvalue weighted by Crippen LogP contribution is 2.19. The number of morpholine rings is 1. The van der Waals surface area contributed by atoms with E-state index in [0.29, 0.717) is 18.8 Å². The lowest BCUT2D eigenvalue weighted by atomic mass is 10.2. The average Bonchev–Trinajstić information content (AvgIpc) is 3.28. The summed E-state index contributed by atoms with van der Waals surface area (Å²) in [6.45, 7) is 4.45. The summed E-state index contributed by atoms with van der Waals surface area (Å²) in [7, 11) is 0. The van der Waals surface area contributed by atoms with E-state index in [9.17, 15) is 4.79 Å². The third kappa shape index (κ3) is 3.10. The Kier molecular flexibility index (Phi) is 4.15. The summed E-state index contributed by atoms with van der Waals surface area (Å²) < 4.78 is 7.19. The molecule has 0 spiro atoms. The normalized spacial score (nSPS) is 20.7. The van der Waals surface area contributed by atoms with Crippen LogP contribution in [0.1, 0.15) is 16.9 Å². The topological polar surface area (TPSA) is 85.9 Å². The van der Waals surface area contributed by atoms with Gasteiger partial charge in [0, 0.05) is 50.2 Å². The second kappa shape index (κ2) is 6.61. The molecule has 0 radical (unpaired) electrons. The van der Waals surface area contributed by atoms with Gasteiger partial charge in [0.25, 0.3) is 5.91 Å². The Hall–Kier alpha value is -2.79. The standard InChI is InChI=1S/C17H20N6O2/c18-12-21-3-1-13(11-21)20-17(24)15-10-19-16-9-14(2-4-23(15)16)22-5-7-25-8-6-22/h2,4,9-10,13H,1,3,5-8,11H2,(H,20,24)/t13-/m1/s1. The number of nitrogens with zero attached hydrogens (tertiary/aromatic N) is 5. The van der Waals surface area contributed by atoms with Crippen LogP contribution < -0.4 is 10.2 Å². The van der Waals surface area contributed by atoms with Crippen molar-refractivity contribution in [2.75, 3.05) is 44.3 Å². The predicted molar refractivity (Wildman–Crippen MR) is 91.3 cm³/mol. The van der Waals surface area contributed by atoms with Crippen LogP contribution in [-0.4, -0.2) is 65.6 Å². The molecule has 0 aromatic carbocycles. The first-order valence-electron chi connectivity index (χ1n) is 8.50. The van der Waals surface area contributed by atoms with Crippen LogP contribution >= 0.6 is 0 Å². The molecule has 0 unspecified atom stereocenters. The van der Waals surface area contributed by atoms with Gasteiger partial charge in [-0.15, -0.1) is 0 Å². The van der Waals surface area contributed by atoms with E-state index in [-0.39, 0.29) is 11.9 Å². The van der Waals surface area contributed by atoms with Gasteiger partial charge in [-0.2, -0.15) is 5.26 Å². The van der Waals surface area contributed by atoms with Gasteiger partial charge in [-0.05, 0) is 12.5 Å². The van der Waals surface area contributed by atoms with E-state index >= 15 is 0 Å². The minimum absolute atomic E-state index is 0.00493. The number of pyridine rings is 1. The second-order valence-corrected chi connectivity index (χ2v) is 6.36. The van der Waals surface area contributed by atoms with E-state index in [4.69, 9.17) is 10.00 Å². The largest absolute Gasteiger partial charge is 0.378 e. The van der Waals surface area contributed by atoms with E-state index in [0.717, 1.165) is 44.1 Å². The number of amides is 1. The van der Waals surface area contributed by atoms with Crippen LogP contribution in [0, 0.1) is 11.5 Å². The van der Waals surface area contributed by atoms with Crippen molar-refractivity contribution in [2.45, 2.75) is 12.5 Å². The lowest BCUT2D eigenvalue weighted by Gasteiger charge is -2.28. The molecule has 0 bridgehead atoms. The van der Waals surface area contributed by atoms with Crippen molar-refractivity contribution in [2.24, 2.45) is 0 Å². The Labute approximate surface area is 145 Å². The van der Waals surface area contributed by atoms with Gasteiger partial charge in [-0.25, -0.2) is 4.98 Å². The molecule has 4 heterocycles. The molecule has 1 amide bonds. The van der Waals surface area contributed by atoms with Gasteiger partial charge in [0.05, 0.1) is 19.4 Å². The number of rotatable bonds is 3. The van der Waals surface area contributed by atoms with Crippen LogP contribution in [0.5, 0.6) is 0 Å². The molecule has 0 saturated carbocycles. The molecule has 0 aliphatic carbocycles. The molecule has 2 aromatic rings. The third-order valence-corrected chi connectivity index (χ3v) is 4.77. The summed E-state index contributed by atoms with van der Waals surface area (Å²) >= 11 is 0. The van der Waals surface area contributed by atoms with Crippen LogP contribution in [0.3, 0.4) is 0 Å². The molecule has 1 atom stereocenters. The van der Waals surface area contributed by atoms with Crippen molar-refractivity contribution in [1.29, 1.82) is 5.26 Å². The SMILES string of the molecule is N#CN1CC[C@@H](NC(=O)c2cnc3cc(N4CCOCC4)ccn23)C1. The van der Waals surface area contributed by atoms with Crippen LogP contribution in [0.2, 0.25) is 0 Å². The third-order valence-electron chi connectivity index (χ3n) is 4.77. The predicted octanol–water partition coefficient (Wildman–Crippen LogP) is 0.456. The first kappa shape index (κ1) is 15.7. The number of likely N-dealkylation sites (tertiary alicyclic amines) is 1. The number of hydrogen-bond acceptors (Lipinski definition) is 6. The number of nitrogens with one attached hydrogen (secondary N) is 1. The molecule has 2 aliphatic heterocycles. The van der Waals surface area contributed by atoms with Crippen molar-refractivity contribution in [3.63, 3.8) is 0 Å². The number of hydrogen-bond donors (Lipinski definition) is 1. The molecule has 2 aliphatic rings. The summed E-state index contributed by atoms with van der Waals surface area (Å²) in [5, 5.41) is 11.9. The Morgan fingerprint density at radius 1 is 1.36 bits per heavy atom. The average molecular weight is 340 g/mol. The zero-order chi connectivity index (χ0) is 17.2. The maximum Gasteiger partial charge on any atom is 0.270 e. The molecule has 130 valence electrons. The number of anilines is 1. The summed E-state index contributed by atoms with van der Waals surface area (Å²) in [6.07, 6.45) is 6.40. The van der Waals surface area contributed by atoms with Crippen molar-refractivity contribution in [1.82, 2.24) is 19.6 Å². The summed E-state index contributed by atoms with van der Waals surface area (Å²) in [5.74, 6) is -0.156. The number of carbonyl (C=O) groups excluding carboxylic acids is 1. The van der Waals surface area contributed by atoms with Crippen LogP contribution in [0.25, 0.3) is 5.65 Å². The molecule has 8 heteroatoms. The maximum atomic E-state index is 12.6. The van der Waals surface area contributed by atoms with Crippen LogP contribution in [0.4, 0.5) is 5.69 Å². The second-order valence-electron chi connectivity index (χ2n) is 6.36. The molecule has 25 heavy (non-hydrogen) atoms. The number of carbonyl (C=O) groups is 1. The Bertz CT molecular complexity index is 820. The zero-order valence-corrected chi connectivity index (χ0v) is 13.9. The minimum Gasteiger partial charge on any atom is -0.378 e. The van der Waals surface area contributed by atoms with Gasteiger partial charge in [0.2, 0.25) is 0 Å². The molecule has 4 rings (SSSR count). The maximum absolute atomic E-state index is 12.6. The van der Waals surface area contributed by atoms with E-state index in [2.05, 4.69) is 21.4 Å². The molecule has 8 nitrogen and oxygen atoms in total. The number of aromatic nitrogens is 2. The molecular weight excluding hydrogens is 320 g/mol. The van der Waals surface area contributed by atoms with Crippen molar-refractivity contribution in [3.05, 3.63) is 30.2 Å². The fraction of sp³-hybridized carbons (Fsp3) is 0.471. The number of ether oxygens (including phenoxy) is 1. The Morgan fingerprint density at radius 3 is 2.96 bits per heavy atom. The highest BCUT2D eigenvalue weighted by atomic mass is 16.5. The van der Waals surface area contributed by atoms with Gasteiger partial charge in [0.15, 0.2) is 6.19 Å². The molecule has 2 saturated heterocycles. The van der Waals surface area contributed by atoms with Crippen LogP contribution in [-0.2, 0) is 4.74 Å². The molecule has 1 N–H and O–H groups in total. The monoisotopic (exact) mass is 340 g/mol. The summed E-state index contributed by atoms with van der Waals surface area (Å²) in [5.41, 5.74) is 2.35. The van der Waals surface area contributed by atoms with Gasteiger partial charge in [-0.3, -0.25) is 9.20 Å². The minimum atomic E-state index is -0.156. The molecule has 2 aromatic heterocycles. The number of nitriles is 1. The van der Waals surface area contributed by atoms with E-state index < -0.39 is 0 Å². The van der Waals surface area contributed by atoms with Gasteiger partial charge < -0.3 is 19.9 Å². The fourth-order valence-electron chi connectivity index (χ4n) is 3.38. The van der Waals surface area contributed by atoms with E-state index in [1.54, 1.807) is 15.5 Å². The molecular formula is C17H20N6O2. The van der Waals surface area contributed by atoms with Crippen molar-refractivity contribution >= 4 is 17.2 Å². The first-order valence-corrected chi connectivity index (χ1v) is 8.50. The smallest absolute Gasteiger partial charge is 0.270 e. The zero-order valence-electron chi connectivity index (χ0n) is 13.9. The van der Waals surface area contributed by atoms with Crippen molar-refractivity contribution < 1.29 is 9.53 Å². The lowest BCUT2D eigenvalue weighted by Crippen LogP contribution is -2.37. The lowest BCUT2D eigenvalue weighted by molar-refractivity contribution is 0.0933. The first-order chi connectivity index (χ1) is 12.2. The summed E-state index contributed by atoms with van der Waals surface area (Å²) in [4.78, 5) is 20.9. The highest BCUT2D eigenvalue weighted by Gasteiger charge is 2.24. The van der Waals surface area contributed by atoms with E-state index in [1.807, 2.05) is 18.3 Å². The Balaban J connectivity index is 1.50. The fourth-order valence-corrected chi connectivity index (χ4v) is 3.38. The van der Waals surface area contributed by atoms with Gasteiger partial charge >= 0.3 is 0 Å². The van der Waals surface area contributed by atoms with Crippen molar-refractivity contribution in [3.8, 4) is 6.19 Å².